The van der Waals surface area contributed by atoms with Crippen molar-refractivity contribution in [2.24, 2.45) is 0 Å². The molecule has 3 aromatic rings. The summed E-state index contributed by atoms with van der Waals surface area (Å²) in [6, 6.07) is 20.3. The van der Waals surface area contributed by atoms with Crippen LogP contribution in [-0.4, -0.2) is 53.7 Å². The van der Waals surface area contributed by atoms with Gasteiger partial charge >= 0.3 is 5.97 Å². The van der Waals surface area contributed by atoms with Gasteiger partial charge in [-0.2, -0.15) is 4.39 Å². The van der Waals surface area contributed by atoms with Crippen molar-refractivity contribution in [1.29, 1.82) is 0 Å². The van der Waals surface area contributed by atoms with Crippen LogP contribution in [-0.2, 0) is 25.4 Å². The highest BCUT2D eigenvalue weighted by atomic mass is 19.1. The second kappa shape index (κ2) is 14.1. The molecule has 0 aromatic heterocycles. The molecule has 8 heteroatoms. The van der Waals surface area contributed by atoms with E-state index in [9.17, 15) is 4.79 Å². The number of esters is 1. The zero-order valence-electron chi connectivity index (χ0n) is 20.7. The van der Waals surface area contributed by atoms with E-state index in [2.05, 4.69) is 0 Å². The Morgan fingerprint density at radius 1 is 0.778 bits per heavy atom. The molecule has 0 fully saturated rings. The van der Waals surface area contributed by atoms with Crippen molar-refractivity contribution in [1.82, 2.24) is 0 Å². The van der Waals surface area contributed by atoms with Crippen LogP contribution in [0, 0.1) is 5.82 Å². The van der Waals surface area contributed by atoms with Crippen LogP contribution in [0.4, 0.5) is 4.39 Å². The number of benzene rings is 3. The Morgan fingerprint density at radius 2 is 1.31 bits per heavy atom. The van der Waals surface area contributed by atoms with E-state index in [1.165, 1.54) is 27.4 Å². The van der Waals surface area contributed by atoms with Gasteiger partial charge in [-0.3, -0.25) is 4.79 Å². The van der Waals surface area contributed by atoms with E-state index in [4.69, 9.17) is 28.4 Å². The van der Waals surface area contributed by atoms with Gasteiger partial charge < -0.3 is 28.4 Å². The van der Waals surface area contributed by atoms with Crippen LogP contribution in [0.5, 0.6) is 17.2 Å². The van der Waals surface area contributed by atoms with Crippen LogP contribution < -0.4 is 14.2 Å². The fourth-order valence-electron chi connectivity index (χ4n) is 3.58. The first kappa shape index (κ1) is 27.0. The highest BCUT2D eigenvalue weighted by Gasteiger charge is 2.26. The molecule has 0 bridgehead atoms. The molecule has 0 spiro atoms. The van der Waals surface area contributed by atoms with Gasteiger partial charge in [-0.05, 0) is 17.2 Å². The monoisotopic (exact) mass is 498 g/mol. The number of methoxy groups -OCH3 is 3. The highest BCUT2D eigenvalue weighted by Crippen LogP contribution is 2.40. The summed E-state index contributed by atoms with van der Waals surface area (Å²) in [7, 11) is 4.38. The Morgan fingerprint density at radius 3 is 1.81 bits per heavy atom. The summed E-state index contributed by atoms with van der Waals surface area (Å²) >= 11 is 0. The van der Waals surface area contributed by atoms with Gasteiger partial charge in [0.2, 0.25) is 11.6 Å². The van der Waals surface area contributed by atoms with Crippen molar-refractivity contribution in [2.75, 3.05) is 47.8 Å². The van der Waals surface area contributed by atoms with Gasteiger partial charge in [0.05, 0.1) is 26.7 Å². The molecule has 0 radical (unpaired) electrons. The van der Waals surface area contributed by atoms with E-state index >= 15 is 4.39 Å². The van der Waals surface area contributed by atoms with Gasteiger partial charge in [-0.25, -0.2) is 0 Å². The summed E-state index contributed by atoms with van der Waals surface area (Å²) in [6.45, 7) is 0.706. The van der Waals surface area contributed by atoms with E-state index in [1.807, 2.05) is 60.7 Å². The zero-order valence-corrected chi connectivity index (χ0v) is 20.7. The first-order valence-electron chi connectivity index (χ1n) is 11.5. The summed E-state index contributed by atoms with van der Waals surface area (Å²) in [4.78, 5) is 13.2. The van der Waals surface area contributed by atoms with E-state index < -0.39 is 17.9 Å². The molecule has 7 nitrogen and oxygen atoms in total. The average Bonchev–Trinajstić information content (AvgIpc) is 2.91. The molecule has 0 saturated carbocycles. The third-order valence-corrected chi connectivity index (χ3v) is 5.30. The van der Waals surface area contributed by atoms with Crippen LogP contribution in [0.3, 0.4) is 0 Å². The number of carbonyl (C=O) groups excluding carboxylic acids is 1. The SMILES string of the molecule is COCCOc1c(CC(=O)OC(c2ccccc2)c2ccccc2)cc(OC)c(F)c1OCCOC. The summed E-state index contributed by atoms with van der Waals surface area (Å²) in [5, 5.41) is 0. The Labute approximate surface area is 210 Å². The standard InChI is InChI=1S/C28H31FO7/c1-31-14-16-34-27-22(18-23(33-3)25(29)28(27)35-17-15-32-2)19-24(30)36-26(20-10-6-4-7-11-20)21-12-8-5-9-13-21/h4-13,18,26H,14-17,19H2,1-3H3. The molecule has 0 saturated heterocycles. The predicted molar refractivity (Wildman–Crippen MR) is 132 cm³/mol. The maximum Gasteiger partial charge on any atom is 0.311 e. The van der Waals surface area contributed by atoms with Crippen LogP contribution in [0.15, 0.2) is 66.7 Å². The predicted octanol–water partition coefficient (Wildman–Crippen LogP) is 4.76. The van der Waals surface area contributed by atoms with Crippen molar-refractivity contribution in [3.63, 3.8) is 0 Å². The van der Waals surface area contributed by atoms with Gasteiger partial charge in [-0.1, -0.05) is 60.7 Å². The lowest BCUT2D eigenvalue weighted by atomic mass is 10.0. The summed E-state index contributed by atoms with van der Waals surface area (Å²) < 4.78 is 47.7. The van der Waals surface area contributed by atoms with Gasteiger partial charge in [0.15, 0.2) is 17.6 Å². The van der Waals surface area contributed by atoms with Crippen molar-refractivity contribution in [2.45, 2.75) is 12.5 Å². The number of ether oxygens (including phenoxy) is 6. The molecular weight excluding hydrogens is 467 g/mol. The molecule has 0 heterocycles. The van der Waals surface area contributed by atoms with Gasteiger partial charge in [-0.15, -0.1) is 0 Å². The van der Waals surface area contributed by atoms with Crippen LogP contribution in [0.25, 0.3) is 0 Å². The fourth-order valence-corrected chi connectivity index (χ4v) is 3.58. The molecule has 0 amide bonds. The maximum absolute atomic E-state index is 15.1. The number of hydrogen-bond acceptors (Lipinski definition) is 7. The van der Waals surface area contributed by atoms with Crippen LogP contribution >= 0.6 is 0 Å². The molecule has 3 aromatic carbocycles. The number of carbonyl (C=O) groups is 1. The lowest BCUT2D eigenvalue weighted by molar-refractivity contribution is -0.146. The first-order chi connectivity index (χ1) is 17.6. The number of rotatable bonds is 14. The molecule has 0 N–H and O–H groups in total. The van der Waals surface area contributed by atoms with E-state index in [0.29, 0.717) is 5.56 Å². The third kappa shape index (κ3) is 7.19. The van der Waals surface area contributed by atoms with Crippen LogP contribution in [0.1, 0.15) is 22.8 Å². The molecule has 0 unspecified atom stereocenters. The van der Waals surface area contributed by atoms with Crippen molar-refractivity contribution < 1.29 is 37.6 Å². The molecule has 0 aliphatic heterocycles. The Hall–Kier alpha value is -3.62. The quantitative estimate of drug-likeness (QED) is 0.234. The molecule has 0 aliphatic carbocycles. The summed E-state index contributed by atoms with van der Waals surface area (Å²) in [6.07, 6.45) is -0.812. The molecule has 3 rings (SSSR count). The van der Waals surface area contributed by atoms with E-state index in [-0.39, 0.29) is 50.1 Å². The van der Waals surface area contributed by atoms with Gasteiger partial charge in [0.1, 0.15) is 13.2 Å². The largest absolute Gasteiger partial charge is 0.494 e. The molecule has 192 valence electrons. The van der Waals surface area contributed by atoms with Crippen molar-refractivity contribution in [3.8, 4) is 17.2 Å². The minimum absolute atomic E-state index is 0.0769. The number of hydrogen-bond donors (Lipinski definition) is 0. The average molecular weight is 499 g/mol. The van der Waals surface area contributed by atoms with Crippen molar-refractivity contribution >= 4 is 5.97 Å². The summed E-state index contributed by atoms with van der Waals surface area (Å²) in [5.41, 5.74) is 2.02. The number of halogens is 1. The molecule has 36 heavy (non-hydrogen) atoms. The molecule has 0 atom stereocenters. The second-order valence-corrected chi connectivity index (χ2v) is 7.76. The first-order valence-corrected chi connectivity index (χ1v) is 11.5. The van der Waals surface area contributed by atoms with Crippen molar-refractivity contribution in [3.05, 3.63) is 89.2 Å². The highest BCUT2D eigenvalue weighted by molar-refractivity contribution is 5.75. The topological polar surface area (TPSA) is 72.5 Å². The van der Waals surface area contributed by atoms with E-state index in [1.54, 1.807) is 0 Å². The van der Waals surface area contributed by atoms with E-state index in [0.717, 1.165) is 11.1 Å². The molecular formula is C28H31FO7. The lowest BCUT2D eigenvalue weighted by Crippen LogP contribution is -2.17. The maximum atomic E-state index is 15.1. The zero-order chi connectivity index (χ0) is 25.8. The fraction of sp³-hybridized carbons (Fsp3) is 0.321. The normalized spacial score (nSPS) is 10.8. The Kier molecular flexibility index (Phi) is 10.5. The van der Waals surface area contributed by atoms with Gasteiger partial charge in [0.25, 0.3) is 0 Å². The third-order valence-electron chi connectivity index (χ3n) is 5.30. The summed E-state index contributed by atoms with van der Waals surface area (Å²) in [5.74, 6) is -1.40. The minimum Gasteiger partial charge on any atom is -0.494 e. The Bertz CT molecular complexity index is 1050. The Balaban J connectivity index is 1.93. The van der Waals surface area contributed by atoms with Gasteiger partial charge in [0, 0.05) is 19.8 Å². The lowest BCUT2D eigenvalue weighted by Gasteiger charge is -2.21. The second-order valence-electron chi connectivity index (χ2n) is 7.76. The smallest absolute Gasteiger partial charge is 0.311 e. The minimum atomic E-state index is -0.732. The van der Waals surface area contributed by atoms with Crippen LogP contribution in [0.2, 0.25) is 0 Å². The molecule has 0 aliphatic rings.